The number of likely N-dealkylation sites (N-methyl/N-ethyl adjacent to an activating group) is 1. The van der Waals surface area contributed by atoms with Gasteiger partial charge >= 0.3 is 0 Å². The van der Waals surface area contributed by atoms with Gasteiger partial charge in [-0.1, -0.05) is 192 Å². The molecule has 0 aliphatic carbocycles. The van der Waals surface area contributed by atoms with Gasteiger partial charge in [-0.3, -0.25) is 9.36 Å². The van der Waals surface area contributed by atoms with Crippen LogP contribution in [0.2, 0.25) is 0 Å². The predicted molar refractivity (Wildman–Crippen MR) is 238 cm³/mol. The maximum absolute atomic E-state index is 12.9. The highest BCUT2D eigenvalue weighted by Gasteiger charge is 2.23. The number of hydrogen-bond acceptors (Lipinski definition) is 6. The number of unbranched alkanes of at least 4 members (excludes halogenated alkanes) is 28. The molecule has 1 unspecified atom stereocenters. The van der Waals surface area contributed by atoms with Crippen LogP contribution in [0.3, 0.4) is 0 Å². The molecule has 0 radical (unpaired) electrons. The predicted octanol–water partition coefficient (Wildman–Crippen LogP) is 12.7. The molecular formula is C47H93N2O6P. The Morgan fingerprint density at radius 2 is 0.982 bits per heavy atom. The highest BCUT2D eigenvalue weighted by molar-refractivity contribution is 7.45. The van der Waals surface area contributed by atoms with Crippen LogP contribution in [0.4, 0.5) is 0 Å². The molecule has 0 saturated heterocycles. The van der Waals surface area contributed by atoms with Crippen molar-refractivity contribution in [2.24, 2.45) is 0 Å². The van der Waals surface area contributed by atoms with Gasteiger partial charge in [0.05, 0.1) is 39.9 Å². The number of nitrogens with one attached hydrogen (secondary N) is 1. The SMILES string of the molecule is CCCCCCCC/C=C/CCCCCCCCCC(=O)N[C@@H](COP(=O)([O-])OCC[N+](C)(C)C)[C@H](O)/C=C/CCCCCCCCCCCCCCCCC. The number of phosphoric acid groups is 1. The Bertz CT molecular complexity index is 969. The minimum absolute atomic E-state index is 0.000624. The van der Waals surface area contributed by atoms with Gasteiger partial charge in [0.25, 0.3) is 7.82 Å². The largest absolute Gasteiger partial charge is 0.756 e. The van der Waals surface area contributed by atoms with Crippen LogP contribution in [-0.4, -0.2) is 68.5 Å². The molecule has 9 heteroatoms. The van der Waals surface area contributed by atoms with Crippen molar-refractivity contribution in [3.63, 3.8) is 0 Å². The zero-order chi connectivity index (χ0) is 41.4. The van der Waals surface area contributed by atoms with Crippen molar-refractivity contribution < 1.29 is 32.9 Å². The number of aliphatic hydroxyl groups is 1. The summed E-state index contributed by atoms with van der Waals surface area (Å²) in [5, 5.41) is 13.8. The average molecular weight is 813 g/mol. The molecule has 3 atom stereocenters. The number of aliphatic hydroxyl groups excluding tert-OH is 1. The number of phosphoric ester groups is 1. The normalized spacial score (nSPS) is 14.5. The summed E-state index contributed by atoms with van der Waals surface area (Å²) in [5.74, 6) is -0.201. The summed E-state index contributed by atoms with van der Waals surface area (Å²) in [5.41, 5.74) is 0. The van der Waals surface area contributed by atoms with E-state index in [9.17, 15) is 19.4 Å². The Hall–Kier alpha value is -1.02. The molecule has 56 heavy (non-hydrogen) atoms. The molecule has 8 nitrogen and oxygen atoms in total. The Labute approximate surface area is 347 Å². The van der Waals surface area contributed by atoms with Gasteiger partial charge in [0.1, 0.15) is 13.2 Å². The number of hydrogen-bond donors (Lipinski definition) is 2. The summed E-state index contributed by atoms with van der Waals surface area (Å²) in [6.07, 6.45) is 46.4. The zero-order valence-electron chi connectivity index (χ0n) is 37.6. The number of nitrogens with zero attached hydrogens (tertiary/aromatic N) is 1. The topological polar surface area (TPSA) is 108 Å². The smallest absolute Gasteiger partial charge is 0.268 e. The number of carbonyl (C=O) groups excluding carboxylic acids is 1. The standard InChI is InChI=1S/C47H93N2O6P/c1-6-8-10-12-14-16-18-20-22-24-26-28-30-32-34-36-38-40-46(50)45(44-55-56(52,53)54-43-42-49(3,4)5)48-47(51)41-39-37-35-33-31-29-27-25-23-21-19-17-15-13-11-9-7-2/h21,23,38,40,45-46,50H,6-20,22,24-37,39,41-44H2,1-5H3,(H-,48,51,52,53)/b23-21+,40-38+/t45-,46+/m0/s1. The lowest BCUT2D eigenvalue weighted by Crippen LogP contribution is -2.45. The van der Waals surface area contributed by atoms with Gasteiger partial charge in [-0.05, 0) is 44.9 Å². The molecule has 1 amide bonds. The lowest BCUT2D eigenvalue weighted by atomic mass is 10.0. The van der Waals surface area contributed by atoms with Crippen molar-refractivity contribution in [1.29, 1.82) is 0 Å². The molecule has 2 N–H and O–H groups in total. The van der Waals surface area contributed by atoms with Crippen LogP contribution >= 0.6 is 7.82 Å². The maximum atomic E-state index is 12.9. The first-order chi connectivity index (χ1) is 27.0. The van der Waals surface area contributed by atoms with E-state index in [1.54, 1.807) is 6.08 Å². The molecule has 0 aromatic carbocycles. The van der Waals surface area contributed by atoms with Crippen molar-refractivity contribution in [3.8, 4) is 0 Å². The lowest BCUT2D eigenvalue weighted by Gasteiger charge is -2.29. The monoisotopic (exact) mass is 813 g/mol. The van der Waals surface area contributed by atoms with Crippen LogP contribution in [0.15, 0.2) is 24.3 Å². The second-order valence-electron chi connectivity index (χ2n) is 17.5. The number of carbonyl (C=O) groups is 1. The van der Waals surface area contributed by atoms with Gasteiger partial charge < -0.3 is 28.8 Å². The third-order valence-corrected chi connectivity index (χ3v) is 11.6. The van der Waals surface area contributed by atoms with E-state index in [4.69, 9.17) is 9.05 Å². The van der Waals surface area contributed by atoms with Crippen molar-refractivity contribution in [1.82, 2.24) is 5.32 Å². The first kappa shape index (κ1) is 55.0. The number of amides is 1. The van der Waals surface area contributed by atoms with Gasteiger partial charge in [0.15, 0.2) is 0 Å². The number of quaternary nitrogens is 1. The number of rotatable bonds is 43. The van der Waals surface area contributed by atoms with E-state index in [-0.39, 0.29) is 19.1 Å². The molecule has 0 saturated carbocycles. The van der Waals surface area contributed by atoms with Crippen molar-refractivity contribution >= 4 is 13.7 Å². The maximum Gasteiger partial charge on any atom is 0.268 e. The summed E-state index contributed by atoms with van der Waals surface area (Å²) >= 11 is 0. The minimum Gasteiger partial charge on any atom is -0.756 e. The van der Waals surface area contributed by atoms with Crippen molar-refractivity contribution in [3.05, 3.63) is 24.3 Å². The average Bonchev–Trinajstić information content (AvgIpc) is 3.15. The molecule has 0 rings (SSSR count). The molecule has 0 fully saturated rings. The highest BCUT2D eigenvalue weighted by atomic mass is 31.2. The van der Waals surface area contributed by atoms with E-state index in [0.29, 0.717) is 17.4 Å². The second kappa shape index (κ2) is 39.4. The van der Waals surface area contributed by atoms with Gasteiger partial charge in [0, 0.05) is 6.42 Å². The van der Waals surface area contributed by atoms with Crippen LogP contribution in [0.5, 0.6) is 0 Å². The van der Waals surface area contributed by atoms with E-state index in [0.717, 1.165) is 38.5 Å². The van der Waals surface area contributed by atoms with Gasteiger partial charge in [-0.25, -0.2) is 0 Å². The Balaban J connectivity index is 4.38. The van der Waals surface area contributed by atoms with Gasteiger partial charge in [0.2, 0.25) is 5.91 Å². The zero-order valence-corrected chi connectivity index (χ0v) is 38.5. The summed E-state index contributed by atoms with van der Waals surface area (Å²) in [6.45, 7) is 4.65. The quantitative estimate of drug-likeness (QED) is 0.0275. The fourth-order valence-corrected chi connectivity index (χ4v) is 7.58. The molecule has 332 valence electrons. The highest BCUT2D eigenvalue weighted by Crippen LogP contribution is 2.38. The van der Waals surface area contributed by atoms with Crippen molar-refractivity contribution in [2.45, 2.75) is 231 Å². The first-order valence-corrected chi connectivity index (χ1v) is 25.2. The summed E-state index contributed by atoms with van der Waals surface area (Å²) in [7, 11) is 1.26. The lowest BCUT2D eigenvalue weighted by molar-refractivity contribution is -0.870. The first-order valence-electron chi connectivity index (χ1n) is 23.7. The summed E-state index contributed by atoms with van der Waals surface area (Å²) < 4.78 is 23.2. The fraction of sp³-hybridized carbons (Fsp3) is 0.894. The van der Waals surface area contributed by atoms with Gasteiger partial charge in [-0.2, -0.15) is 0 Å². The van der Waals surface area contributed by atoms with Crippen LogP contribution < -0.4 is 10.2 Å². The Morgan fingerprint density at radius 1 is 0.607 bits per heavy atom. The third-order valence-electron chi connectivity index (χ3n) is 10.7. The molecule has 0 heterocycles. The second-order valence-corrected chi connectivity index (χ2v) is 18.9. The fourth-order valence-electron chi connectivity index (χ4n) is 6.85. The molecule has 0 aromatic heterocycles. The minimum atomic E-state index is -4.59. The van der Waals surface area contributed by atoms with Crippen LogP contribution in [-0.2, 0) is 18.4 Å². The Kier molecular flexibility index (Phi) is 38.7. The molecule has 0 aromatic rings. The number of allylic oxidation sites excluding steroid dienone is 3. The summed E-state index contributed by atoms with van der Waals surface area (Å²) in [6, 6.07) is -0.885. The van der Waals surface area contributed by atoms with Crippen molar-refractivity contribution in [2.75, 3.05) is 40.9 Å². The van der Waals surface area contributed by atoms with E-state index in [1.165, 1.54) is 161 Å². The third kappa shape index (κ3) is 41.2. The van der Waals surface area contributed by atoms with E-state index >= 15 is 0 Å². The van der Waals surface area contributed by atoms with Gasteiger partial charge in [-0.15, -0.1) is 0 Å². The van der Waals surface area contributed by atoms with E-state index in [1.807, 2.05) is 27.2 Å². The molecule has 0 aliphatic rings. The van der Waals surface area contributed by atoms with Crippen LogP contribution in [0.1, 0.15) is 219 Å². The molecule has 0 bridgehead atoms. The molecular weight excluding hydrogens is 719 g/mol. The van der Waals surface area contributed by atoms with Crippen LogP contribution in [0.25, 0.3) is 0 Å². The van der Waals surface area contributed by atoms with Crippen LogP contribution in [0, 0.1) is 0 Å². The van der Waals surface area contributed by atoms with E-state index < -0.39 is 20.0 Å². The molecule has 0 aliphatic heterocycles. The summed E-state index contributed by atoms with van der Waals surface area (Å²) in [4.78, 5) is 25.3. The molecule has 0 spiro atoms. The Morgan fingerprint density at radius 3 is 1.39 bits per heavy atom. The van der Waals surface area contributed by atoms with E-state index in [2.05, 4.69) is 31.3 Å².